The smallest absolute Gasteiger partial charge is 0.171 e. The van der Waals surface area contributed by atoms with E-state index in [-0.39, 0.29) is 18.0 Å². The number of ketones is 1. The highest BCUT2D eigenvalue weighted by atomic mass is 19.1. The molecule has 0 aliphatic rings. The van der Waals surface area contributed by atoms with Gasteiger partial charge in [0.1, 0.15) is 17.3 Å². The maximum absolute atomic E-state index is 13.6. The molecule has 104 valence electrons. The number of hydrogen-bond acceptors (Lipinski definition) is 3. The topological polar surface area (TPSA) is 35.5 Å². The zero-order valence-electron chi connectivity index (χ0n) is 11.4. The van der Waals surface area contributed by atoms with Gasteiger partial charge < -0.3 is 9.47 Å². The lowest BCUT2D eigenvalue weighted by Crippen LogP contribution is -2.07. The van der Waals surface area contributed by atoms with Crippen molar-refractivity contribution in [2.75, 3.05) is 14.2 Å². The van der Waals surface area contributed by atoms with Gasteiger partial charge in [0.25, 0.3) is 0 Å². The van der Waals surface area contributed by atoms with Crippen LogP contribution < -0.4 is 9.47 Å². The van der Waals surface area contributed by atoms with Crippen molar-refractivity contribution in [1.82, 2.24) is 0 Å². The van der Waals surface area contributed by atoms with E-state index in [2.05, 4.69) is 0 Å². The largest absolute Gasteiger partial charge is 0.497 e. The Hall–Kier alpha value is -2.36. The average molecular weight is 274 g/mol. The molecule has 4 heteroatoms. The Morgan fingerprint density at radius 1 is 1.10 bits per heavy atom. The number of carbonyl (C=O) groups is 1. The van der Waals surface area contributed by atoms with Crippen molar-refractivity contribution in [2.24, 2.45) is 0 Å². The minimum Gasteiger partial charge on any atom is -0.497 e. The van der Waals surface area contributed by atoms with Gasteiger partial charge in [-0.1, -0.05) is 18.2 Å². The predicted molar refractivity (Wildman–Crippen MR) is 74.0 cm³/mol. The Labute approximate surface area is 117 Å². The van der Waals surface area contributed by atoms with E-state index in [1.807, 2.05) is 0 Å². The third-order valence-corrected chi connectivity index (χ3v) is 3.02. The molecule has 2 aromatic carbocycles. The molecule has 0 spiro atoms. The van der Waals surface area contributed by atoms with E-state index in [1.165, 1.54) is 20.3 Å². The predicted octanol–water partition coefficient (Wildman–Crippen LogP) is 3.27. The van der Waals surface area contributed by atoms with Crippen molar-refractivity contribution in [2.45, 2.75) is 6.42 Å². The second kappa shape index (κ2) is 6.19. The third kappa shape index (κ3) is 2.96. The summed E-state index contributed by atoms with van der Waals surface area (Å²) in [5, 5.41) is 0. The molecule has 0 amide bonds. The number of rotatable bonds is 5. The van der Waals surface area contributed by atoms with E-state index in [0.29, 0.717) is 22.6 Å². The molecule has 0 N–H and O–H groups in total. The summed E-state index contributed by atoms with van der Waals surface area (Å²) in [7, 11) is 3.01. The highest BCUT2D eigenvalue weighted by Crippen LogP contribution is 2.25. The van der Waals surface area contributed by atoms with Gasteiger partial charge in [0.05, 0.1) is 19.8 Å². The molecule has 2 rings (SSSR count). The first-order valence-corrected chi connectivity index (χ1v) is 6.14. The quantitative estimate of drug-likeness (QED) is 0.785. The Bertz CT molecular complexity index is 623. The maximum atomic E-state index is 13.6. The zero-order chi connectivity index (χ0) is 14.5. The second-order valence-corrected chi connectivity index (χ2v) is 4.26. The zero-order valence-corrected chi connectivity index (χ0v) is 11.4. The Morgan fingerprint density at radius 2 is 1.85 bits per heavy atom. The number of benzene rings is 2. The first-order valence-electron chi connectivity index (χ1n) is 6.14. The monoisotopic (exact) mass is 274 g/mol. The number of hydrogen-bond donors (Lipinski definition) is 0. The molecule has 2 aromatic rings. The molecule has 20 heavy (non-hydrogen) atoms. The van der Waals surface area contributed by atoms with Crippen LogP contribution in [-0.2, 0) is 6.42 Å². The molecule has 0 aromatic heterocycles. The molecule has 0 bridgehead atoms. The van der Waals surface area contributed by atoms with E-state index >= 15 is 0 Å². The molecule has 0 fully saturated rings. The van der Waals surface area contributed by atoms with Crippen LogP contribution in [0, 0.1) is 5.82 Å². The van der Waals surface area contributed by atoms with E-state index in [0.717, 1.165) is 0 Å². The SMILES string of the molecule is COc1ccc(OC)c(C(=O)Cc2ccccc2F)c1. The Balaban J connectivity index is 2.31. The van der Waals surface area contributed by atoms with Crippen molar-refractivity contribution in [1.29, 1.82) is 0 Å². The molecule has 0 radical (unpaired) electrons. The molecular weight excluding hydrogens is 259 g/mol. The van der Waals surface area contributed by atoms with Crippen LogP contribution in [0.1, 0.15) is 15.9 Å². The van der Waals surface area contributed by atoms with Gasteiger partial charge >= 0.3 is 0 Å². The van der Waals surface area contributed by atoms with E-state index < -0.39 is 0 Å². The summed E-state index contributed by atoms with van der Waals surface area (Å²) in [6.45, 7) is 0. The van der Waals surface area contributed by atoms with Crippen molar-refractivity contribution in [3.63, 3.8) is 0 Å². The Morgan fingerprint density at radius 3 is 2.50 bits per heavy atom. The standard InChI is InChI=1S/C16H15FO3/c1-19-12-7-8-16(20-2)13(10-12)15(18)9-11-5-3-4-6-14(11)17/h3-8,10H,9H2,1-2H3. The lowest BCUT2D eigenvalue weighted by Gasteiger charge is -2.10. The minimum absolute atomic E-state index is 0.0177. The summed E-state index contributed by atoms with van der Waals surface area (Å²) in [5.41, 5.74) is 0.748. The van der Waals surface area contributed by atoms with Gasteiger partial charge in [0.2, 0.25) is 0 Å². The molecular formula is C16H15FO3. The fourth-order valence-corrected chi connectivity index (χ4v) is 1.94. The lowest BCUT2D eigenvalue weighted by atomic mass is 10.0. The van der Waals surface area contributed by atoms with Crippen LogP contribution >= 0.6 is 0 Å². The molecule has 0 heterocycles. The van der Waals surface area contributed by atoms with Gasteiger partial charge in [-0.2, -0.15) is 0 Å². The van der Waals surface area contributed by atoms with Gasteiger partial charge in [-0.25, -0.2) is 4.39 Å². The number of Topliss-reactive ketones (excluding diaryl/α,β-unsaturated/α-hetero) is 1. The van der Waals surface area contributed by atoms with Crippen LogP contribution in [0.4, 0.5) is 4.39 Å². The maximum Gasteiger partial charge on any atom is 0.171 e. The summed E-state index contributed by atoms with van der Waals surface area (Å²) in [6, 6.07) is 11.2. The average Bonchev–Trinajstić information content (AvgIpc) is 2.48. The van der Waals surface area contributed by atoms with Crippen LogP contribution in [0.3, 0.4) is 0 Å². The van der Waals surface area contributed by atoms with Crippen LogP contribution in [0.2, 0.25) is 0 Å². The summed E-state index contributed by atoms with van der Waals surface area (Å²) in [4.78, 5) is 12.3. The van der Waals surface area contributed by atoms with Gasteiger partial charge in [-0.05, 0) is 29.8 Å². The van der Waals surface area contributed by atoms with Gasteiger partial charge in [-0.15, -0.1) is 0 Å². The molecule has 0 unspecified atom stereocenters. The first kappa shape index (κ1) is 14.1. The van der Waals surface area contributed by atoms with Gasteiger partial charge in [-0.3, -0.25) is 4.79 Å². The van der Waals surface area contributed by atoms with Crippen molar-refractivity contribution in [3.8, 4) is 11.5 Å². The third-order valence-electron chi connectivity index (χ3n) is 3.02. The summed E-state index contributed by atoms with van der Waals surface area (Å²) < 4.78 is 23.8. The van der Waals surface area contributed by atoms with Crippen LogP contribution in [0.15, 0.2) is 42.5 Å². The van der Waals surface area contributed by atoms with Crippen molar-refractivity contribution >= 4 is 5.78 Å². The number of methoxy groups -OCH3 is 2. The van der Waals surface area contributed by atoms with Crippen LogP contribution in [0.25, 0.3) is 0 Å². The normalized spacial score (nSPS) is 10.2. The van der Waals surface area contributed by atoms with E-state index in [1.54, 1.807) is 36.4 Å². The van der Waals surface area contributed by atoms with Crippen molar-refractivity contribution in [3.05, 3.63) is 59.4 Å². The van der Waals surface area contributed by atoms with Gasteiger partial charge in [0.15, 0.2) is 5.78 Å². The van der Waals surface area contributed by atoms with E-state index in [9.17, 15) is 9.18 Å². The highest BCUT2D eigenvalue weighted by molar-refractivity contribution is 6.00. The summed E-state index contributed by atoms with van der Waals surface area (Å²) in [6.07, 6.45) is -0.0177. The van der Waals surface area contributed by atoms with Crippen LogP contribution in [-0.4, -0.2) is 20.0 Å². The number of ether oxygens (including phenoxy) is 2. The number of carbonyl (C=O) groups excluding carboxylic acids is 1. The highest BCUT2D eigenvalue weighted by Gasteiger charge is 2.15. The molecule has 3 nitrogen and oxygen atoms in total. The molecule has 0 saturated heterocycles. The molecule has 0 aliphatic heterocycles. The molecule has 0 saturated carbocycles. The summed E-state index contributed by atoms with van der Waals surface area (Å²) >= 11 is 0. The summed E-state index contributed by atoms with van der Waals surface area (Å²) in [5.74, 6) is 0.406. The fraction of sp³-hybridized carbons (Fsp3) is 0.188. The first-order chi connectivity index (χ1) is 9.65. The molecule has 0 aliphatic carbocycles. The fourth-order valence-electron chi connectivity index (χ4n) is 1.94. The van der Waals surface area contributed by atoms with Gasteiger partial charge in [0, 0.05) is 6.42 Å². The second-order valence-electron chi connectivity index (χ2n) is 4.26. The number of halogens is 1. The minimum atomic E-state index is -0.386. The van der Waals surface area contributed by atoms with Crippen molar-refractivity contribution < 1.29 is 18.7 Å². The lowest BCUT2D eigenvalue weighted by molar-refractivity contribution is 0.0988. The Kier molecular flexibility index (Phi) is 4.35. The molecule has 0 atom stereocenters. The van der Waals surface area contributed by atoms with E-state index in [4.69, 9.17) is 9.47 Å². The van der Waals surface area contributed by atoms with Crippen LogP contribution in [0.5, 0.6) is 11.5 Å².